The Labute approximate surface area is 161 Å². The Morgan fingerprint density at radius 2 is 1.54 bits per heavy atom. The van der Waals surface area contributed by atoms with Crippen molar-refractivity contribution in [2.75, 3.05) is 12.4 Å². The van der Waals surface area contributed by atoms with Gasteiger partial charge in [0.2, 0.25) is 6.10 Å². The number of ether oxygens (including phenoxy) is 2. The summed E-state index contributed by atoms with van der Waals surface area (Å²) in [6, 6.07) is 20.8. The molecule has 3 aromatic carbocycles. The van der Waals surface area contributed by atoms with Gasteiger partial charge in [0.15, 0.2) is 0 Å². The molecular formula is C22H18FNO4. The number of amides is 1. The number of hydrogen-bond acceptors (Lipinski definition) is 4. The van der Waals surface area contributed by atoms with Crippen LogP contribution in [-0.2, 0) is 9.53 Å². The summed E-state index contributed by atoms with van der Waals surface area (Å²) in [5.74, 6) is -0.842. The minimum absolute atomic E-state index is 0.377. The quantitative estimate of drug-likeness (QED) is 0.646. The summed E-state index contributed by atoms with van der Waals surface area (Å²) >= 11 is 0. The molecule has 0 aliphatic carbocycles. The third-order valence-corrected chi connectivity index (χ3v) is 3.98. The fourth-order valence-electron chi connectivity index (χ4n) is 2.57. The lowest BCUT2D eigenvalue weighted by molar-refractivity contribution is -0.123. The molecule has 0 fully saturated rings. The second kappa shape index (κ2) is 8.81. The number of esters is 1. The van der Waals surface area contributed by atoms with E-state index in [0.717, 1.165) is 0 Å². The van der Waals surface area contributed by atoms with Gasteiger partial charge in [-0.1, -0.05) is 30.3 Å². The van der Waals surface area contributed by atoms with E-state index in [1.54, 1.807) is 48.5 Å². The van der Waals surface area contributed by atoms with Crippen molar-refractivity contribution in [2.45, 2.75) is 6.10 Å². The minimum Gasteiger partial charge on any atom is -0.476 e. The molecule has 0 heterocycles. The van der Waals surface area contributed by atoms with Gasteiger partial charge in [-0.3, -0.25) is 4.79 Å². The Morgan fingerprint density at radius 1 is 0.893 bits per heavy atom. The first-order valence-electron chi connectivity index (χ1n) is 8.53. The number of benzene rings is 3. The summed E-state index contributed by atoms with van der Waals surface area (Å²) in [7, 11) is 1.30. The molecule has 1 N–H and O–H groups in total. The Morgan fingerprint density at radius 3 is 2.14 bits per heavy atom. The predicted molar refractivity (Wildman–Crippen MR) is 103 cm³/mol. The molecule has 5 nitrogen and oxygen atoms in total. The zero-order chi connectivity index (χ0) is 19.9. The molecule has 1 atom stereocenters. The van der Waals surface area contributed by atoms with Gasteiger partial charge in [0.25, 0.3) is 5.91 Å². The zero-order valence-corrected chi connectivity index (χ0v) is 15.1. The number of carbonyl (C=O) groups is 2. The van der Waals surface area contributed by atoms with Crippen molar-refractivity contribution in [2.24, 2.45) is 0 Å². The van der Waals surface area contributed by atoms with Crippen LogP contribution in [0.4, 0.5) is 10.1 Å². The highest BCUT2D eigenvalue weighted by Gasteiger charge is 2.23. The summed E-state index contributed by atoms with van der Waals surface area (Å²) in [6.45, 7) is 0. The van der Waals surface area contributed by atoms with E-state index in [1.165, 1.54) is 31.4 Å². The smallest absolute Gasteiger partial charge is 0.337 e. The van der Waals surface area contributed by atoms with Gasteiger partial charge in [0.05, 0.1) is 12.7 Å². The fraction of sp³-hybridized carbons (Fsp3) is 0.0909. The normalized spacial score (nSPS) is 11.4. The summed E-state index contributed by atoms with van der Waals surface area (Å²) in [6.07, 6.45) is -0.935. The summed E-state index contributed by atoms with van der Waals surface area (Å²) in [5.41, 5.74) is 1.48. The molecule has 0 unspecified atom stereocenters. The number of anilines is 1. The maximum atomic E-state index is 13.1. The van der Waals surface area contributed by atoms with Crippen LogP contribution in [0, 0.1) is 5.82 Å². The first-order chi connectivity index (χ1) is 13.6. The van der Waals surface area contributed by atoms with Crippen LogP contribution < -0.4 is 10.1 Å². The van der Waals surface area contributed by atoms with E-state index in [-0.39, 0.29) is 5.82 Å². The molecule has 0 saturated carbocycles. The molecule has 142 valence electrons. The first kappa shape index (κ1) is 19.1. The van der Waals surface area contributed by atoms with E-state index in [9.17, 15) is 14.0 Å². The molecular weight excluding hydrogens is 361 g/mol. The number of carbonyl (C=O) groups excluding carboxylic acids is 2. The van der Waals surface area contributed by atoms with Crippen LogP contribution in [0.2, 0.25) is 0 Å². The highest BCUT2D eigenvalue weighted by molar-refractivity contribution is 5.95. The molecule has 0 aliphatic rings. The Bertz CT molecular complexity index is 941. The molecule has 3 rings (SSSR count). The van der Waals surface area contributed by atoms with Gasteiger partial charge in [-0.15, -0.1) is 0 Å². The molecule has 0 aliphatic heterocycles. The van der Waals surface area contributed by atoms with Crippen LogP contribution in [0.15, 0.2) is 78.9 Å². The van der Waals surface area contributed by atoms with Crippen molar-refractivity contribution in [3.8, 4) is 5.75 Å². The topological polar surface area (TPSA) is 64.6 Å². The molecule has 1 amide bonds. The van der Waals surface area contributed by atoms with E-state index in [4.69, 9.17) is 4.74 Å². The molecule has 3 aromatic rings. The summed E-state index contributed by atoms with van der Waals surface area (Å²) in [5, 5.41) is 2.72. The van der Waals surface area contributed by atoms with Gasteiger partial charge in [-0.2, -0.15) is 0 Å². The van der Waals surface area contributed by atoms with Crippen LogP contribution in [0.3, 0.4) is 0 Å². The monoisotopic (exact) mass is 379 g/mol. The van der Waals surface area contributed by atoms with Crippen molar-refractivity contribution < 1.29 is 23.5 Å². The molecule has 0 saturated heterocycles. The fourth-order valence-corrected chi connectivity index (χ4v) is 2.57. The van der Waals surface area contributed by atoms with Crippen LogP contribution in [-0.4, -0.2) is 19.0 Å². The average molecular weight is 379 g/mol. The number of nitrogens with one attached hydrogen (secondary N) is 1. The zero-order valence-electron chi connectivity index (χ0n) is 15.1. The van der Waals surface area contributed by atoms with Gasteiger partial charge in [0.1, 0.15) is 11.6 Å². The Kier molecular flexibility index (Phi) is 6.01. The SMILES string of the molecule is COC(=O)c1ccc(O[C@@H](C(=O)Nc2ccc(F)cc2)c2ccccc2)cc1. The van der Waals surface area contributed by atoms with Crippen molar-refractivity contribution in [3.63, 3.8) is 0 Å². The van der Waals surface area contributed by atoms with Crippen LogP contribution in [0.25, 0.3) is 0 Å². The van der Waals surface area contributed by atoms with Gasteiger partial charge in [-0.25, -0.2) is 9.18 Å². The number of rotatable bonds is 6. The molecule has 0 aromatic heterocycles. The summed E-state index contributed by atoms with van der Waals surface area (Å²) < 4.78 is 23.6. The van der Waals surface area contributed by atoms with Crippen LogP contribution in [0.1, 0.15) is 22.0 Å². The lowest BCUT2D eigenvalue weighted by Gasteiger charge is -2.19. The van der Waals surface area contributed by atoms with Crippen LogP contribution in [0.5, 0.6) is 5.75 Å². The highest BCUT2D eigenvalue weighted by Crippen LogP contribution is 2.24. The van der Waals surface area contributed by atoms with Crippen molar-refractivity contribution >= 4 is 17.6 Å². The average Bonchev–Trinajstić information content (AvgIpc) is 2.74. The van der Waals surface area contributed by atoms with Gasteiger partial charge in [0, 0.05) is 11.3 Å². The largest absolute Gasteiger partial charge is 0.476 e. The van der Waals surface area contributed by atoms with E-state index < -0.39 is 18.0 Å². The maximum absolute atomic E-state index is 13.1. The van der Waals surface area contributed by atoms with Crippen LogP contribution >= 0.6 is 0 Å². The van der Waals surface area contributed by atoms with Crippen molar-refractivity contribution in [1.29, 1.82) is 0 Å². The van der Waals surface area contributed by atoms with E-state index in [1.807, 2.05) is 6.07 Å². The molecule has 0 radical (unpaired) electrons. The number of hydrogen-bond donors (Lipinski definition) is 1. The van der Waals surface area contributed by atoms with E-state index in [0.29, 0.717) is 22.6 Å². The van der Waals surface area contributed by atoms with Crippen molar-refractivity contribution in [3.05, 3.63) is 95.8 Å². The molecule has 0 spiro atoms. The second-order valence-electron chi connectivity index (χ2n) is 5.92. The Hall–Kier alpha value is -3.67. The third-order valence-electron chi connectivity index (χ3n) is 3.98. The lowest BCUT2D eigenvalue weighted by Crippen LogP contribution is -2.25. The third kappa shape index (κ3) is 4.73. The molecule has 6 heteroatoms. The highest BCUT2D eigenvalue weighted by atomic mass is 19.1. The summed E-state index contributed by atoms with van der Waals surface area (Å²) in [4.78, 5) is 24.4. The van der Waals surface area contributed by atoms with E-state index in [2.05, 4.69) is 10.1 Å². The first-order valence-corrected chi connectivity index (χ1v) is 8.53. The minimum atomic E-state index is -0.935. The molecule has 0 bridgehead atoms. The van der Waals surface area contributed by atoms with Crippen molar-refractivity contribution in [1.82, 2.24) is 0 Å². The number of halogens is 1. The maximum Gasteiger partial charge on any atom is 0.337 e. The standard InChI is InChI=1S/C22H18FNO4/c1-27-22(26)16-7-13-19(14-8-16)28-20(15-5-3-2-4-6-15)21(25)24-18-11-9-17(23)10-12-18/h2-14,20H,1H3,(H,24,25)/t20-/m1/s1. The lowest BCUT2D eigenvalue weighted by atomic mass is 10.1. The molecule has 28 heavy (non-hydrogen) atoms. The van der Waals surface area contributed by atoms with Gasteiger partial charge in [-0.05, 0) is 48.5 Å². The second-order valence-corrected chi connectivity index (χ2v) is 5.92. The van der Waals surface area contributed by atoms with Gasteiger partial charge < -0.3 is 14.8 Å². The van der Waals surface area contributed by atoms with Gasteiger partial charge >= 0.3 is 5.97 Å². The predicted octanol–water partition coefficient (Wildman–Crippen LogP) is 4.37. The van der Waals surface area contributed by atoms with E-state index >= 15 is 0 Å². The Balaban J connectivity index is 1.82. The number of methoxy groups -OCH3 is 1.